The van der Waals surface area contributed by atoms with Crippen LogP contribution in [0, 0.1) is 6.92 Å². The number of hydrogen-bond acceptors (Lipinski definition) is 5. The third-order valence-corrected chi connectivity index (χ3v) is 2.61. The molecule has 0 aliphatic carbocycles. The number of hydrogen-bond donors (Lipinski definition) is 1. The number of aromatic nitrogens is 4. The third kappa shape index (κ3) is 3.25. The minimum absolute atomic E-state index is 0.305. The smallest absolute Gasteiger partial charge is 0.351 e. The quantitative estimate of drug-likeness (QED) is 0.809. The molecule has 2 heterocycles. The molecule has 0 aromatic carbocycles. The van der Waals surface area contributed by atoms with Crippen molar-refractivity contribution in [3.05, 3.63) is 59.1 Å². The van der Waals surface area contributed by atoms with Crippen molar-refractivity contribution in [2.75, 3.05) is 11.9 Å². The van der Waals surface area contributed by atoms with Gasteiger partial charge in [0.2, 0.25) is 5.95 Å². The summed E-state index contributed by atoms with van der Waals surface area (Å²) < 4.78 is 1.43. The number of aryl methyl sites for hydroxylation is 1. The fourth-order valence-electron chi connectivity index (χ4n) is 1.56. The zero-order valence-electron chi connectivity index (χ0n) is 10.7. The Labute approximate surface area is 110 Å². The number of anilines is 1. The van der Waals surface area contributed by atoms with Crippen LogP contribution in [0.2, 0.25) is 0 Å². The van der Waals surface area contributed by atoms with E-state index in [0.29, 0.717) is 19.0 Å². The highest BCUT2D eigenvalue weighted by Gasteiger charge is 2.04. The molecular formula is C13H15N5O. The minimum Gasteiger partial charge on any atom is -0.351 e. The van der Waals surface area contributed by atoms with Gasteiger partial charge in [-0.1, -0.05) is 12.1 Å². The Bertz CT molecular complexity index is 635. The molecule has 2 aromatic heterocycles. The molecule has 19 heavy (non-hydrogen) atoms. The van der Waals surface area contributed by atoms with Gasteiger partial charge >= 0.3 is 5.69 Å². The SMILES string of the molecule is C=CCNc1ncn(Cc2ncccc2C)c(=O)n1. The van der Waals surface area contributed by atoms with E-state index in [1.165, 1.54) is 10.9 Å². The van der Waals surface area contributed by atoms with Gasteiger partial charge in [-0.2, -0.15) is 4.98 Å². The lowest BCUT2D eigenvalue weighted by Crippen LogP contribution is -2.26. The van der Waals surface area contributed by atoms with E-state index in [0.717, 1.165) is 11.3 Å². The molecule has 0 radical (unpaired) electrons. The van der Waals surface area contributed by atoms with Crippen LogP contribution in [0.3, 0.4) is 0 Å². The van der Waals surface area contributed by atoms with Gasteiger partial charge in [-0.3, -0.25) is 9.55 Å². The van der Waals surface area contributed by atoms with Crippen LogP contribution in [-0.2, 0) is 6.54 Å². The normalized spacial score (nSPS) is 10.2. The van der Waals surface area contributed by atoms with Crippen LogP contribution in [-0.4, -0.2) is 26.1 Å². The number of pyridine rings is 1. The molecule has 1 N–H and O–H groups in total. The van der Waals surface area contributed by atoms with E-state index < -0.39 is 0 Å². The number of rotatable bonds is 5. The maximum atomic E-state index is 11.8. The van der Waals surface area contributed by atoms with Gasteiger partial charge in [0.15, 0.2) is 0 Å². The van der Waals surface area contributed by atoms with Crippen LogP contribution < -0.4 is 11.0 Å². The molecule has 6 nitrogen and oxygen atoms in total. The second-order valence-electron chi connectivity index (χ2n) is 4.03. The van der Waals surface area contributed by atoms with Gasteiger partial charge in [0.25, 0.3) is 0 Å². The van der Waals surface area contributed by atoms with Gasteiger partial charge in [-0.05, 0) is 18.6 Å². The van der Waals surface area contributed by atoms with Gasteiger partial charge in [-0.25, -0.2) is 9.78 Å². The van der Waals surface area contributed by atoms with Crippen molar-refractivity contribution in [3.8, 4) is 0 Å². The van der Waals surface area contributed by atoms with E-state index in [2.05, 4.69) is 26.8 Å². The maximum absolute atomic E-state index is 11.8. The topological polar surface area (TPSA) is 72.7 Å². The lowest BCUT2D eigenvalue weighted by molar-refractivity contribution is 0.685. The average molecular weight is 257 g/mol. The van der Waals surface area contributed by atoms with Crippen molar-refractivity contribution < 1.29 is 0 Å². The monoisotopic (exact) mass is 257 g/mol. The zero-order chi connectivity index (χ0) is 13.7. The molecule has 0 aliphatic rings. The highest BCUT2D eigenvalue weighted by Crippen LogP contribution is 2.04. The van der Waals surface area contributed by atoms with Crippen molar-refractivity contribution in [1.29, 1.82) is 0 Å². The largest absolute Gasteiger partial charge is 0.352 e. The Hall–Kier alpha value is -2.50. The number of nitrogens with one attached hydrogen (secondary N) is 1. The van der Waals surface area contributed by atoms with Crippen molar-refractivity contribution in [2.45, 2.75) is 13.5 Å². The van der Waals surface area contributed by atoms with Crippen LogP contribution in [0.15, 0.2) is 42.1 Å². The molecule has 6 heteroatoms. The molecule has 0 spiro atoms. The van der Waals surface area contributed by atoms with E-state index in [9.17, 15) is 4.79 Å². The predicted molar refractivity (Wildman–Crippen MR) is 73.1 cm³/mol. The Morgan fingerprint density at radius 2 is 2.32 bits per heavy atom. The summed E-state index contributed by atoms with van der Waals surface area (Å²) in [6.45, 7) is 6.41. The summed E-state index contributed by atoms with van der Waals surface area (Å²) in [6.07, 6.45) is 4.84. The molecule has 2 aromatic rings. The van der Waals surface area contributed by atoms with Crippen LogP contribution in [0.5, 0.6) is 0 Å². The standard InChI is InChI=1S/C13H15N5O/c1-3-6-15-12-16-9-18(13(19)17-12)8-11-10(2)5-4-7-14-11/h3-5,7,9H,1,6,8H2,2H3,(H,15,17,19). The molecule has 0 saturated carbocycles. The van der Waals surface area contributed by atoms with Crippen LogP contribution >= 0.6 is 0 Å². The number of nitrogens with zero attached hydrogens (tertiary/aromatic N) is 4. The van der Waals surface area contributed by atoms with Gasteiger partial charge in [0.05, 0.1) is 12.2 Å². The first-order valence-electron chi connectivity index (χ1n) is 5.89. The molecule has 98 valence electrons. The first kappa shape index (κ1) is 12.9. The van der Waals surface area contributed by atoms with Gasteiger partial charge in [-0.15, -0.1) is 6.58 Å². The summed E-state index contributed by atoms with van der Waals surface area (Å²) in [5.74, 6) is 0.305. The van der Waals surface area contributed by atoms with E-state index in [1.807, 2.05) is 19.1 Å². The van der Waals surface area contributed by atoms with E-state index >= 15 is 0 Å². The van der Waals surface area contributed by atoms with Gasteiger partial charge < -0.3 is 5.32 Å². The van der Waals surface area contributed by atoms with Crippen LogP contribution in [0.25, 0.3) is 0 Å². The van der Waals surface area contributed by atoms with E-state index in [4.69, 9.17) is 0 Å². The minimum atomic E-state index is -0.355. The first-order valence-corrected chi connectivity index (χ1v) is 5.89. The molecule has 0 bridgehead atoms. The molecular weight excluding hydrogens is 242 g/mol. The molecule has 0 aliphatic heterocycles. The fourth-order valence-corrected chi connectivity index (χ4v) is 1.56. The zero-order valence-corrected chi connectivity index (χ0v) is 10.7. The molecule has 2 rings (SSSR count). The van der Waals surface area contributed by atoms with Crippen LogP contribution in [0.1, 0.15) is 11.3 Å². The van der Waals surface area contributed by atoms with Crippen molar-refractivity contribution in [1.82, 2.24) is 19.5 Å². The molecule has 0 unspecified atom stereocenters. The lowest BCUT2D eigenvalue weighted by atomic mass is 10.2. The summed E-state index contributed by atoms with van der Waals surface area (Å²) in [7, 11) is 0. The third-order valence-electron chi connectivity index (χ3n) is 2.61. The Kier molecular flexibility index (Phi) is 4.02. The highest BCUT2D eigenvalue weighted by molar-refractivity contribution is 5.22. The highest BCUT2D eigenvalue weighted by atomic mass is 16.1. The second-order valence-corrected chi connectivity index (χ2v) is 4.03. The fraction of sp³-hybridized carbons (Fsp3) is 0.231. The van der Waals surface area contributed by atoms with Crippen molar-refractivity contribution in [3.63, 3.8) is 0 Å². The van der Waals surface area contributed by atoms with E-state index in [1.54, 1.807) is 12.3 Å². The molecule has 0 amide bonds. The van der Waals surface area contributed by atoms with Crippen molar-refractivity contribution in [2.24, 2.45) is 0 Å². The summed E-state index contributed by atoms with van der Waals surface area (Å²) in [5, 5.41) is 2.87. The summed E-state index contributed by atoms with van der Waals surface area (Å²) in [6, 6.07) is 3.81. The van der Waals surface area contributed by atoms with Gasteiger partial charge in [0, 0.05) is 12.7 Å². The summed E-state index contributed by atoms with van der Waals surface area (Å²) in [5.41, 5.74) is 1.51. The Morgan fingerprint density at radius 1 is 1.47 bits per heavy atom. The molecule has 0 atom stereocenters. The van der Waals surface area contributed by atoms with Crippen molar-refractivity contribution >= 4 is 5.95 Å². The second kappa shape index (κ2) is 5.90. The average Bonchev–Trinajstić information content (AvgIpc) is 2.41. The van der Waals surface area contributed by atoms with Gasteiger partial charge in [0.1, 0.15) is 6.33 Å². The lowest BCUT2D eigenvalue weighted by Gasteiger charge is -2.07. The summed E-state index contributed by atoms with van der Waals surface area (Å²) in [4.78, 5) is 24.0. The maximum Gasteiger partial charge on any atom is 0.352 e. The predicted octanol–water partition coefficient (Wildman–Crippen LogP) is 0.988. The molecule has 0 fully saturated rings. The van der Waals surface area contributed by atoms with E-state index in [-0.39, 0.29) is 5.69 Å². The first-order chi connectivity index (χ1) is 9.20. The summed E-state index contributed by atoms with van der Waals surface area (Å²) >= 11 is 0. The van der Waals surface area contributed by atoms with Crippen LogP contribution in [0.4, 0.5) is 5.95 Å². The Balaban J connectivity index is 2.20. The Morgan fingerprint density at radius 3 is 3.00 bits per heavy atom. The molecule has 0 saturated heterocycles.